The second-order valence-corrected chi connectivity index (χ2v) is 3.82. The van der Waals surface area contributed by atoms with E-state index in [2.05, 4.69) is 5.43 Å². The van der Waals surface area contributed by atoms with Crippen LogP contribution < -0.4 is 20.7 Å². The van der Waals surface area contributed by atoms with Gasteiger partial charge in [-0.05, 0) is 25.0 Å². The van der Waals surface area contributed by atoms with Crippen LogP contribution in [0.5, 0.6) is 11.5 Å². The zero-order valence-corrected chi connectivity index (χ0v) is 10.8. The van der Waals surface area contributed by atoms with Crippen molar-refractivity contribution in [3.8, 4) is 11.5 Å². The molecule has 100 valence electrons. The summed E-state index contributed by atoms with van der Waals surface area (Å²) >= 11 is 0. The number of hydrogen-bond acceptors (Lipinski definition) is 4. The van der Waals surface area contributed by atoms with Gasteiger partial charge in [-0.2, -0.15) is 0 Å². The van der Waals surface area contributed by atoms with Crippen molar-refractivity contribution in [2.24, 2.45) is 5.84 Å². The molecule has 0 aromatic heterocycles. The maximum Gasteiger partial charge on any atom is 0.274 e. The molecule has 5 nitrogen and oxygen atoms in total. The average molecular weight is 252 g/mol. The molecule has 0 spiro atoms. The van der Waals surface area contributed by atoms with E-state index in [0.29, 0.717) is 24.5 Å². The van der Waals surface area contributed by atoms with Gasteiger partial charge in [0.25, 0.3) is 5.91 Å². The fourth-order valence-corrected chi connectivity index (χ4v) is 1.45. The smallest absolute Gasteiger partial charge is 0.274 e. The Morgan fingerprint density at radius 1 is 1.33 bits per heavy atom. The van der Waals surface area contributed by atoms with Gasteiger partial charge in [0.2, 0.25) is 0 Å². The van der Waals surface area contributed by atoms with Crippen LogP contribution >= 0.6 is 0 Å². The number of carbonyl (C=O) groups is 1. The predicted molar refractivity (Wildman–Crippen MR) is 69.3 cm³/mol. The Hall–Kier alpha value is -1.75. The summed E-state index contributed by atoms with van der Waals surface area (Å²) in [5.41, 5.74) is 2.09. The Morgan fingerprint density at radius 3 is 2.56 bits per heavy atom. The first-order chi connectivity index (χ1) is 8.72. The highest BCUT2D eigenvalue weighted by Crippen LogP contribution is 2.28. The summed E-state index contributed by atoms with van der Waals surface area (Å²) in [6.07, 6.45) is 0.835. The highest BCUT2D eigenvalue weighted by molar-refractivity contribution is 5.80. The van der Waals surface area contributed by atoms with Crippen molar-refractivity contribution in [2.75, 3.05) is 6.61 Å². The third kappa shape index (κ3) is 3.92. The quantitative estimate of drug-likeness (QED) is 0.439. The third-order valence-electron chi connectivity index (χ3n) is 2.39. The molecule has 1 aromatic carbocycles. The van der Waals surface area contributed by atoms with Gasteiger partial charge in [-0.15, -0.1) is 0 Å². The van der Waals surface area contributed by atoms with E-state index in [9.17, 15) is 4.79 Å². The minimum Gasteiger partial charge on any atom is -0.490 e. The van der Waals surface area contributed by atoms with Crippen LogP contribution in [0.15, 0.2) is 24.3 Å². The molecule has 1 rings (SSSR count). The van der Waals surface area contributed by atoms with Gasteiger partial charge in [-0.25, -0.2) is 5.84 Å². The topological polar surface area (TPSA) is 73.6 Å². The van der Waals surface area contributed by atoms with Gasteiger partial charge in [0, 0.05) is 0 Å². The van der Waals surface area contributed by atoms with Gasteiger partial charge in [-0.1, -0.05) is 26.0 Å². The van der Waals surface area contributed by atoms with Crippen LogP contribution in [0, 0.1) is 0 Å². The molecular formula is C13H20N2O3. The number of hydrogen-bond donors (Lipinski definition) is 2. The molecule has 0 saturated heterocycles. The fraction of sp³-hybridized carbons (Fsp3) is 0.462. The molecule has 0 fully saturated rings. The molecule has 18 heavy (non-hydrogen) atoms. The van der Waals surface area contributed by atoms with E-state index in [1.54, 1.807) is 6.07 Å². The average Bonchev–Trinajstić information content (AvgIpc) is 2.42. The van der Waals surface area contributed by atoms with Crippen molar-refractivity contribution in [2.45, 2.75) is 32.8 Å². The van der Waals surface area contributed by atoms with Crippen molar-refractivity contribution in [3.05, 3.63) is 24.3 Å². The van der Waals surface area contributed by atoms with Crippen LogP contribution in [0.3, 0.4) is 0 Å². The molecule has 0 aliphatic rings. The summed E-state index contributed by atoms with van der Waals surface area (Å²) in [4.78, 5) is 11.5. The molecule has 0 bridgehead atoms. The Bertz CT molecular complexity index is 382. The zero-order valence-electron chi connectivity index (χ0n) is 10.8. The van der Waals surface area contributed by atoms with Crippen molar-refractivity contribution < 1.29 is 14.3 Å². The maximum absolute atomic E-state index is 11.5. The second kappa shape index (κ2) is 7.55. The zero-order chi connectivity index (χ0) is 13.4. The molecule has 0 aliphatic heterocycles. The minimum atomic E-state index is -0.610. The molecule has 3 N–H and O–H groups in total. The van der Waals surface area contributed by atoms with Gasteiger partial charge in [0.05, 0.1) is 6.61 Å². The lowest BCUT2D eigenvalue weighted by Gasteiger charge is -2.18. The Balaban J connectivity index is 2.78. The van der Waals surface area contributed by atoms with Crippen molar-refractivity contribution in [1.29, 1.82) is 0 Å². The maximum atomic E-state index is 11.5. The Kier molecular flexibility index (Phi) is 6.00. The third-order valence-corrected chi connectivity index (χ3v) is 2.39. The van der Waals surface area contributed by atoms with Gasteiger partial charge < -0.3 is 9.47 Å². The molecule has 0 radical (unpaired) electrons. The molecule has 1 atom stereocenters. The number of amides is 1. The molecule has 0 heterocycles. The molecular weight excluding hydrogens is 232 g/mol. The van der Waals surface area contributed by atoms with E-state index >= 15 is 0 Å². The fourth-order valence-electron chi connectivity index (χ4n) is 1.45. The number of carbonyl (C=O) groups excluding carboxylic acids is 1. The number of benzene rings is 1. The van der Waals surface area contributed by atoms with Crippen LogP contribution in [-0.2, 0) is 4.79 Å². The lowest BCUT2D eigenvalue weighted by atomic mass is 10.2. The first-order valence-corrected chi connectivity index (χ1v) is 6.11. The lowest BCUT2D eigenvalue weighted by Crippen LogP contribution is -2.41. The van der Waals surface area contributed by atoms with Crippen LogP contribution in [0.1, 0.15) is 26.7 Å². The van der Waals surface area contributed by atoms with Crippen LogP contribution in [0.2, 0.25) is 0 Å². The number of nitrogens with one attached hydrogen (secondary N) is 1. The first kappa shape index (κ1) is 14.3. The normalized spacial score (nSPS) is 11.7. The SMILES string of the molecule is CCCOc1ccccc1OC(CC)C(=O)NN. The van der Waals surface area contributed by atoms with Crippen LogP contribution in [0.25, 0.3) is 0 Å². The van der Waals surface area contributed by atoms with Gasteiger partial charge in [0.15, 0.2) is 17.6 Å². The Labute approximate surface area is 107 Å². The predicted octanol–water partition coefficient (Wildman–Crippen LogP) is 1.62. The van der Waals surface area contributed by atoms with Crippen molar-refractivity contribution >= 4 is 5.91 Å². The number of nitrogens with two attached hydrogens (primary N) is 1. The summed E-state index contributed by atoms with van der Waals surface area (Å²) in [7, 11) is 0. The molecule has 1 aromatic rings. The monoisotopic (exact) mass is 252 g/mol. The van der Waals surface area contributed by atoms with E-state index in [-0.39, 0.29) is 5.91 Å². The van der Waals surface area contributed by atoms with Crippen LogP contribution in [-0.4, -0.2) is 18.6 Å². The van der Waals surface area contributed by atoms with E-state index < -0.39 is 6.10 Å². The van der Waals surface area contributed by atoms with E-state index in [4.69, 9.17) is 15.3 Å². The number of rotatable bonds is 7. The van der Waals surface area contributed by atoms with E-state index in [0.717, 1.165) is 6.42 Å². The summed E-state index contributed by atoms with van der Waals surface area (Å²) in [5.74, 6) is 5.96. The summed E-state index contributed by atoms with van der Waals surface area (Å²) in [6.45, 7) is 4.50. The molecule has 0 saturated carbocycles. The van der Waals surface area contributed by atoms with Gasteiger partial charge in [0.1, 0.15) is 0 Å². The van der Waals surface area contributed by atoms with Crippen molar-refractivity contribution in [1.82, 2.24) is 5.43 Å². The molecule has 5 heteroatoms. The first-order valence-electron chi connectivity index (χ1n) is 6.11. The van der Waals surface area contributed by atoms with E-state index in [1.165, 1.54) is 0 Å². The second-order valence-electron chi connectivity index (χ2n) is 3.82. The van der Waals surface area contributed by atoms with Gasteiger partial charge >= 0.3 is 0 Å². The van der Waals surface area contributed by atoms with Gasteiger partial charge in [-0.3, -0.25) is 10.2 Å². The molecule has 0 aliphatic carbocycles. The summed E-state index contributed by atoms with van der Waals surface area (Å²) in [6, 6.07) is 7.29. The molecule has 1 amide bonds. The summed E-state index contributed by atoms with van der Waals surface area (Å²) < 4.78 is 11.2. The Morgan fingerprint density at radius 2 is 2.00 bits per heavy atom. The van der Waals surface area contributed by atoms with Crippen molar-refractivity contribution in [3.63, 3.8) is 0 Å². The van der Waals surface area contributed by atoms with Crippen LogP contribution in [0.4, 0.5) is 0 Å². The minimum absolute atomic E-state index is 0.345. The number of hydrazine groups is 1. The van der Waals surface area contributed by atoms with E-state index in [1.807, 2.05) is 32.0 Å². The number of ether oxygens (including phenoxy) is 2. The lowest BCUT2D eigenvalue weighted by molar-refractivity contribution is -0.128. The summed E-state index contributed by atoms with van der Waals surface area (Å²) in [5, 5.41) is 0. The highest BCUT2D eigenvalue weighted by atomic mass is 16.5. The largest absolute Gasteiger partial charge is 0.490 e. The number of para-hydroxylation sites is 2. The standard InChI is InChI=1S/C13H20N2O3/c1-3-9-17-11-7-5-6-8-12(11)18-10(4-2)13(16)15-14/h5-8,10H,3-4,9,14H2,1-2H3,(H,15,16). The highest BCUT2D eigenvalue weighted by Gasteiger charge is 2.18. The molecule has 1 unspecified atom stereocenters.